The summed E-state index contributed by atoms with van der Waals surface area (Å²) < 4.78 is 0. The Morgan fingerprint density at radius 2 is 1.08 bits per heavy atom. The van der Waals surface area contributed by atoms with Crippen molar-refractivity contribution in [2.75, 3.05) is 0 Å². The molecular formula is C12H12O12. The van der Waals surface area contributed by atoms with E-state index < -0.39 is 71.3 Å². The molecule has 0 saturated heterocycles. The van der Waals surface area contributed by atoms with Crippen molar-refractivity contribution in [1.29, 1.82) is 0 Å². The molecular weight excluding hydrogens is 336 g/mol. The summed E-state index contributed by atoms with van der Waals surface area (Å²) in [6.07, 6.45) is -2.44. The molecule has 0 spiro atoms. The highest BCUT2D eigenvalue weighted by Crippen LogP contribution is 2.57. The van der Waals surface area contributed by atoms with Gasteiger partial charge in [0.05, 0.1) is 11.8 Å². The number of aliphatic carboxylic acids is 6. The molecule has 0 aromatic carbocycles. The van der Waals surface area contributed by atoms with E-state index in [9.17, 15) is 49.2 Å². The lowest BCUT2D eigenvalue weighted by atomic mass is 9.48. The van der Waals surface area contributed by atoms with E-state index in [2.05, 4.69) is 0 Å². The molecule has 1 aliphatic rings. The molecule has 0 heterocycles. The molecule has 1 aliphatic carbocycles. The Hall–Kier alpha value is -3.18. The van der Waals surface area contributed by atoms with Gasteiger partial charge >= 0.3 is 35.8 Å². The van der Waals surface area contributed by atoms with Gasteiger partial charge in [-0.3, -0.25) is 28.8 Å². The van der Waals surface area contributed by atoms with Crippen LogP contribution in [-0.2, 0) is 28.8 Å². The van der Waals surface area contributed by atoms with Crippen LogP contribution < -0.4 is 0 Å². The van der Waals surface area contributed by atoms with E-state index in [1.807, 2.05) is 0 Å². The van der Waals surface area contributed by atoms with Crippen LogP contribution in [0.5, 0.6) is 0 Å². The summed E-state index contributed by atoms with van der Waals surface area (Å²) in [7, 11) is 0. The monoisotopic (exact) mass is 348 g/mol. The minimum Gasteiger partial charge on any atom is -0.481 e. The minimum absolute atomic E-state index is 1.05. The Morgan fingerprint density at radius 3 is 1.33 bits per heavy atom. The predicted molar refractivity (Wildman–Crippen MR) is 66.9 cm³/mol. The molecule has 24 heavy (non-hydrogen) atoms. The zero-order chi connectivity index (χ0) is 19.0. The topological polar surface area (TPSA) is 224 Å². The van der Waals surface area contributed by atoms with Crippen molar-refractivity contribution in [2.24, 2.45) is 22.7 Å². The van der Waals surface area contributed by atoms with Gasteiger partial charge in [-0.15, -0.1) is 0 Å². The van der Waals surface area contributed by atoms with Crippen LogP contribution in [0.2, 0.25) is 0 Å². The fourth-order valence-corrected chi connectivity index (χ4v) is 3.20. The zero-order valence-corrected chi connectivity index (χ0v) is 11.7. The Bertz CT molecular complexity index is 618. The van der Waals surface area contributed by atoms with E-state index in [1.54, 1.807) is 0 Å². The summed E-state index contributed by atoms with van der Waals surface area (Å²) in [5, 5.41) is 55.4. The van der Waals surface area contributed by atoms with Crippen LogP contribution >= 0.6 is 0 Å². The van der Waals surface area contributed by atoms with Crippen LogP contribution in [-0.4, -0.2) is 66.5 Å². The van der Waals surface area contributed by atoms with Gasteiger partial charge in [-0.1, -0.05) is 0 Å². The van der Waals surface area contributed by atoms with Crippen molar-refractivity contribution >= 4 is 35.8 Å². The third-order valence-electron chi connectivity index (χ3n) is 4.32. The molecule has 0 aromatic heterocycles. The second-order valence-electron chi connectivity index (χ2n) is 5.30. The number of carbonyl (C=O) groups is 6. The molecule has 0 aromatic rings. The lowest BCUT2D eigenvalue weighted by Gasteiger charge is -2.47. The smallest absolute Gasteiger partial charge is 0.323 e. The van der Waals surface area contributed by atoms with Gasteiger partial charge in [0.15, 0.2) is 5.41 Å². The fourth-order valence-electron chi connectivity index (χ4n) is 3.20. The van der Waals surface area contributed by atoms with Gasteiger partial charge in [-0.05, 0) is 12.8 Å². The van der Waals surface area contributed by atoms with Crippen molar-refractivity contribution < 1.29 is 59.4 Å². The van der Waals surface area contributed by atoms with Gasteiger partial charge in [0.25, 0.3) is 0 Å². The maximum atomic E-state index is 11.6. The van der Waals surface area contributed by atoms with Crippen LogP contribution in [0.25, 0.3) is 0 Å². The molecule has 0 aliphatic heterocycles. The molecule has 6 N–H and O–H groups in total. The van der Waals surface area contributed by atoms with E-state index in [4.69, 9.17) is 10.2 Å². The van der Waals surface area contributed by atoms with Crippen LogP contribution in [0.15, 0.2) is 0 Å². The van der Waals surface area contributed by atoms with Gasteiger partial charge < -0.3 is 30.6 Å². The third-order valence-corrected chi connectivity index (χ3v) is 4.32. The summed E-state index contributed by atoms with van der Waals surface area (Å²) >= 11 is 0. The standard InChI is InChI=1S/C12H12O12/c13-5(14)3-1-4(6(15)16)12(9(21)22,10(23)24)11(2-3,7(17)18)8(19)20/h3-4H,1-2H2,(H,13,14)(H,15,16)(H,17,18)(H,19,20)(H,21,22)(H,23,24). The van der Waals surface area contributed by atoms with Crippen molar-refractivity contribution in [3.8, 4) is 0 Å². The number of rotatable bonds is 6. The van der Waals surface area contributed by atoms with Crippen LogP contribution in [0.3, 0.4) is 0 Å². The average Bonchev–Trinajstić information content (AvgIpc) is 2.43. The van der Waals surface area contributed by atoms with Crippen LogP contribution in [0.1, 0.15) is 12.8 Å². The fraction of sp³-hybridized carbons (Fsp3) is 0.500. The summed E-state index contributed by atoms with van der Waals surface area (Å²) in [6, 6.07) is 0. The summed E-state index contributed by atoms with van der Waals surface area (Å²) in [5.74, 6) is -18.2. The van der Waals surface area contributed by atoms with Gasteiger partial charge in [0.2, 0.25) is 5.41 Å². The summed E-state index contributed by atoms with van der Waals surface area (Å²) in [4.78, 5) is 68.9. The van der Waals surface area contributed by atoms with Gasteiger partial charge in [-0.2, -0.15) is 0 Å². The molecule has 1 fully saturated rings. The molecule has 12 heteroatoms. The Kier molecular flexibility index (Phi) is 4.55. The zero-order valence-electron chi connectivity index (χ0n) is 11.7. The maximum absolute atomic E-state index is 11.6. The van der Waals surface area contributed by atoms with E-state index in [0.717, 1.165) is 0 Å². The number of hydrogen-bond donors (Lipinski definition) is 6. The summed E-state index contributed by atoms with van der Waals surface area (Å²) in [5.41, 5.74) is -7.47. The van der Waals surface area contributed by atoms with Gasteiger partial charge in [0, 0.05) is 0 Å². The largest absolute Gasteiger partial charge is 0.481 e. The first-order chi connectivity index (χ1) is 10.9. The second-order valence-corrected chi connectivity index (χ2v) is 5.30. The van der Waals surface area contributed by atoms with Gasteiger partial charge in [0.1, 0.15) is 0 Å². The van der Waals surface area contributed by atoms with Crippen molar-refractivity contribution in [3.05, 3.63) is 0 Å². The first-order valence-electron chi connectivity index (χ1n) is 6.26. The van der Waals surface area contributed by atoms with Crippen molar-refractivity contribution in [2.45, 2.75) is 12.8 Å². The third kappa shape index (κ3) is 2.14. The predicted octanol–water partition coefficient (Wildman–Crippen LogP) is -1.51. The Morgan fingerprint density at radius 1 is 0.667 bits per heavy atom. The highest BCUT2D eigenvalue weighted by molar-refractivity contribution is 6.15. The molecule has 2 unspecified atom stereocenters. The molecule has 1 rings (SSSR count). The van der Waals surface area contributed by atoms with Crippen LogP contribution in [0.4, 0.5) is 0 Å². The lowest BCUT2D eigenvalue weighted by molar-refractivity contribution is -0.213. The quantitative estimate of drug-likeness (QED) is 0.301. The highest BCUT2D eigenvalue weighted by Gasteiger charge is 2.78. The minimum atomic E-state index is -3.79. The Labute approximate surface area is 131 Å². The lowest BCUT2D eigenvalue weighted by Crippen LogP contribution is -2.69. The average molecular weight is 348 g/mol. The Balaban J connectivity index is 3.98. The normalized spacial score (nSPS) is 24.5. The van der Waals surface area contributed by atoms with Crippen LogP contribution in [0, 0.1) is 22.7 Å². The van der Waals surface area contributed by atoms with E-state index in [-0.39, 0.29) is 0 Å². The SMILES string of the molecule is O=C(O)C1CC(C(=O)O)C(C(=O)O)(C(=O)O)C(C(=O)O)(C(=O)O)C1. The van der Waals surface area contributed by atoms with Crippen molar-refractivity contribution in [3.63, 3.8) is 0 Å². The van der Waals surface area contributed by atoms with E-state index >= 15 is 0 Å². The maximum Gasteiger partial charge on any atom is 0.323 e. The first-order valence-corrected chi connectivity index (χ1v) is 6.26. The molecule has 132 valence electrons. The number of hydrogen-bond acceptors (Lipinski definition) is 6. The molecule has 0 radical (unpaired) electrons. The molecule has 12 nitrogen and oxygen atoms in total. The number of carboxylic acids is 6. The molecule has 0 bridgehead atoms. The van der Waals surface area contributed by atoms with Crippen molar-refractivity contribution in [1.82, 2.24) is 0 Å². The highest BCUT2D eigenvalue weighted by atomic mass is 16.4. The molecule has 2 atom stereocenters. The molecule has 1 saturated carbocycles. The number of carboxylic acid groups (broad SMARTS) is 6. The van der Waals surface area contributed by atoms with E-state index in [0.29, 0.717) is 0 Å². The van der Waals surface area contributed by atoms with Gasteiger partial charge in [-0.25, -0.2) is 0 Å². The second kappa shape index (κ2) is 5.79. The summed E-state index contributed by atoms with van der Waals surface area (Å²) in [6.45, 7) is 0. The van der Waals surface area contributed by atoms with E-state index in [1.165, 1.54) is 0 Å². The first kappa shape index (κ1) is 18.9. The molecule has 0 amide bonds.